The van der Waals surface area contributed by atoms with E-state index >= 15 is 0 Å². The van der Waals surface area contributed by atoms with Gasteiger partial charge in [0.2, 0.25) is 5.91 Å². The molecule has 0 aliphatic carbocycles. The summed E-state index contributed by atoms with van der Waals surface area (Å²) >= 11 is 19.5. The number of aryl methyl sites for hydroxylation is 1. The molecule has 0 aliphatic heterocycles. The van der Waals surface area contributed by atoms with Gasteiger partial charge in [0.25, 0.3) is 0 Å². The zero-order valence-electron chi connectivity index (χ0n) is 15.5. The van der Waals surface area contributed by atoms with Crippen molar-refractivity contribution in [3.05, 3.63) is 69.7 Å². The standard InChI is InChI=1S/C20H17Cl3N4OS/c1-3-8-27-19(15-6-4-14(22)10-16(15)23)25-26-20(27)29-11-18(28)24-17-7-5-13(21)9-12(17)2/h3-7,9-10H,1,8,11H2,2H3,(H,24,28). The lowest BCUT2D eigenvalue weighted by Crippen LogP contribution is -2.15. The summed E-state index contributed by atoms with van der Waals surface area (Å²) in [5.41, 5.74) is 2.32. The molecule has 0 radical (unpaired) electrons. The van der Waals surface area contributed by atoms with E-state index in [4.69, 9.17) is 34.8 Å². The molecule has 1 amide bonds. The van der Waals surface area contributed by atoms with E-state index in [1.807, 2.05) is 11.5 Å². The predicted octanol–water partition coefficient (Wildman–Crippen LogP) is 6.13. The van der Waals surface area contributed by atoms with Crippen molar-refractivity contribution in [3.8, 4) is 11.4 Å². The van der Waals surface area contributed by atoms with Crippen molar-refractivity contribution in [2.24, 2.45) is 0 Å². The number of thioether (sulfide) groups is 1. The van der Waals surface area contributed by atoms with Crippen LogP contribution >= 0.6 is 46.6 Å². The number of hydrogen-bond donors (Lipinski definition) is 1. The van der Waals surface area contributed by atoms with E-state index in [9.17, 15) is 4.79 Å². The van der Waals surface area contributed by atoms with Crippen LogP contribution in [-0.2, 0) is 11.3 Å². The number of aromatic nitrogens is 3. The number of hydrogen-bond acceptors (Lipinski definition) is 4. The summed E-state index contributed by atoms with van der Waals surface area (Å²) < 4.78 is 1.85. The fourth-order valence-corrected chi connectivity index (χ4v) is 4.11. The number of nitrogens with one attached hydrogen (secondary N) is 1. The van der Waals surface area contributed by atoms with Crippen LogP contribution in [0.25, 0.3) is 11.4 Å². The van der Waals surface area contributed by atoms with Crippen LogP contribution in [0.2, 0.25) is 15.1 Å². The van der Waals surface area contributed by atoms with Crippen LogP contribution in [0.15, 0.2) is 54.2 Å². The molecule has 1 N–H and O–H groups in total. The lowest BCUT2D eigenvalue weighted by molar-refractivity contribution is -0.113. The molecule has 0 saturated carbocycles. The summed E-state index contributed by atoms with van der Waals surface area (Å²) in [6.45, 7) is 6.15. The van der Waals surface area contributed by atoms with E-state index in [0.29, 0.717) is 38.2 Å². The van der Waals surface area contributed by atoms with Gasteiger partial charge in [-0.3, -0.25) is 9.36 Å². The SMILES string of the molecule is C=CCn1c(SCC(=O)Nc2ccc(Cl)cc2C)nnc1-c1ccc(Cl)cc1Cl. The maximum Gasteiger partial charge on any atom is 0.234 e. The molecule has 3 rings (SSSR count). The first-order valence-electron chi connectivity index (χ1n) is 8.57. The van der Waals surface area contributed by atoms with Crippen LogP contribution in [0.3, 0.4) is 0 Å². The summed E-state index contributed by atoms with van der Waals surface area (Å²) in [6, 6.07) is 10.5. The van der Waals surface area contributed by atoms with E-state index in [1.165, 1.54) is 11.8 Å². The maximum atomic E-state index is 12.4. The molecule has 0 aliphatic rings. The van der Waals surface area contributed by atoms with Gasteiger partial charge < -0.3 is 5.32 Å². The third kappa shape index (κ3) is 5.34. The van der Waals surface area contributed by atoms with Crippen molar-refractivity contribution in [1.29, 1.82) is 0 Å². The van der Waals surface area contributed by atoms with Crippen molar-refractivity contribution in [2.75, 3.05) is 11.1 Å². The molecule has 0 atom stereocenters. The van der Waals surface area contributed by atoms with Gasteiger partial charge in [-0.05, 0) is 48.9 Å². The Kier molecular flexibility index (Phi) is 7.24. The lowest BCUT2D eigenvalue weighted by Gasteiger charge is -2.10. The molecule has 9 heteroatoms. The molecular weight excluding hydrogens is 451 g/mol. The highest BCUT2D eigenvalue weighted by Crippen LogP contribution is 2.31. The van der Waals surface area contributed by atoms with Gasteiger partial charge >= 0.3 is 0 Å². The highest BCUT2D eigenvalue weighted by Gasteiger charge is 2.17. The number of amides is 1. The Labute approximate surface area is 188 Å². The Morgan fingerprint density at radius 2 is 1.90 bits per heavy atom. The second-order valence-corrected chi connectivity index (χ2v) is 8.35. The Hall–Kier alpha value is -1.99. The second-order valence-electron chi connectivity index (χ2n) is 6.13. The average Bonchev–Trinajstić information content (AvgIpc) is 3.05. The number of carbonyl (C=O) groups excluding carboxylic acids is 1. The normalized spacial score (nSPS) is 10.8. The highest BCUT2D eigenvalue weighted by atomic mass is 35.5. The minimum absolute atomic E-state index is 0.153. The third-order valence-corrected chi connectivity index (χ3v) is 5.75. The number of halogens is 3. The number of carbonyl (C=O) groups is 1. The number of allylic oxidation sites excluding steroid dienone is 1. The van der Waals surface area contributed by atoms with E-state index in [0.717, 1.165) is 11.3 Å². The number of nitrogens with zero attached hydrogens (tertiary/aromatic N) is 3. The molecule has 1 aromatic heterocycles. The van der Waals surface area contributed by atoms with Crippen LogP contribution in [0, 0.1) is 6.92 Å². The molecule has 150 valence electrons. The van der Waals surface area contributed by atoms with Gasteiger partial charge in [-0.1, -0.05) is 52.6 Å². The molecule has 0 fully saturated rings. The number of benzene rings is 2. The minimum atomic E-state index is -0.153. The van der Waals surface area contributed by atoms with Crippen molar-refractivity contribution in [3.63, 3.8) is 0 Å². The fourth-order valence-electron chi connectivity index (χ4n) is 2.64. The summed E-state index contributed by atoms with van der Waals surface area (Å²) in [5.74, 6) is 0.605. The predicted molar refractivity (Wildman–Crippen MR) is 121 cm³/mol. The van der Waals surface area contributed by atoms with Gasteiger partial charge in [0.15, 0.2) is 11.0 Å². The maximum absolute atomic E-state index is 12.4. The summed E-state index contributed by atoms with van der Waals surface area (Å²) in [4.78, 5) is 12.4. The van der Waals surface area contributed by atoms with Gasteiger partial charge in [-0.25, -0.2) is 0 Å². The average molecular weight is 468 g/mol. The first kappa shape index (κ1) is 21.7. The van der Waals surface area contributed by atoms with Gasteiger partial charge in [0, 0.05) is 27.8 Å². The Bertz CT molecular complexity index is 1070. The van der Waals surface area contributed by atoms with Gasteiger partial charge in [-0.2, -0.15) is 0 Å². The van der Waals surface area contributed by atoms with Crippen LogP contribution in [0.5, 0.6) is 0 Å². The zero-order valence-corrected chi connectivity index (χ0v) is 18.5. The van der Waals surface area contributed by atoms with E-state index < -0.39 is 0 Å². The number of anilines is 1. The van der Waals surface area contributed by atoms with Crippen LogP contribution < -0.4 is 5.32 Å². The van der Waals surface area contributed by atoms with Crippen LogP contribution in [-0.4, -0.2) is 26.4 Å². The molecule has 5 nitrogen and oxygen atoms in total. The molecule has 0 unspecified atom stereocenters. The van der Waals surface area contributed by atoms with Crippen LogP contribution in [0.1, 0.15) is 5.56 Å². The summed E-state index contributed by atoms with van der Waals surface area (Å²) in [5, 5.41) is 13.6. The second kappa shape index (κ2) is 9.67. The highest BCUT2D eigenvalue weighted by molar-refractivity contribution is 7.99. The molecule has 0 spiro atoms. The fraction of sp³-hybridized carbons (Fsp3) is 0.150. The van der Waals surface area contributed by atoms with E-state index in [1.54, 1.807) is 42.5 Å². The molecule has 0 saturated heterocycles. The molecule has 0 bridgehead atoms. The first-order chi connectivity index (χ1) is 13.9. The Balaban J connectivity index is 1.76. The Morgan fingerprint density at radius 3 is 2.59 bits per heavy atom. The molecule has 2 aromatic carbocycles. The van der Waals surface area contributed by atoms with Crippen molar-refractivity contribution < 1.29 is 4.79 Å². The first-order valence-corrected chi connectivity index (χ1v) is 10.7. The molecule has 29 heavy (non-hydrogen) atoms. The topological polar surface area (TPSA) is 59.8 Å². The van der Waals surface area contributed by atoms with Gasteiger partial charge in [0.05, 0.1) is 10.8 Å². The van der Waals surface area contributed by atoms with E-state index in [2.05, 4.69) is 22.1 Å². The summed E-state index contributed by atoms with van der Waals surface area (Å²) in [7, 11) is 0. The molecule has 1 heterocycles. The molecular formula is C20H17Cl3N4OS. The van der Waals surface area contributed by atoms with Gasteiger partial charge in [0.1, 0.15) is 0 Å². The zero-order chi connectivity index (χ0) is 21.0. The largest absolute Gasteiger partial charge is 0.325 e. The smallest absolute Gasteiger partial charge is 0.234 e. The monoisotopic (exact) mass is 466 g/mol. The van der Waals surface area contributed by atoms with Crippen molar-refractivity contribution in [2.45, 2.75) is 18.6 Å². The lowest BCUT2D eigenvalue weighted by atomic mass is 10.2. The van der Waals surface area contributed by atoms with Crippen LogP contribution in [0.4, 0.5) is 5.69 Å². The number of rotatable bonds is 7. The summed E-state index contributed by atoms with van der Waals surface area (Å²) in [6.07, 6.45) is 1.73. The molecule has 3 aromatic rings. The van der Waals surface area contributed by atoms with Crippen molar-refractivity contribution >= 4 is 58.2 Å². The third-order valence-electron chi connectivity index (χ3n) is 4.00. The minimum Gasteiger partial charge on any atom is -0.325 e. The Morgan fingerprint density at radius 1 is 1.17 bits per heavy atom. The van der Waals surface area contributed by atoms with Gasteiger partial charge in [-0.15, -0.1) is 16.8 Å². The van der Waals surface area contributed by atoms with Crippen molar-refractivity contribution in [1.82, 2.24) is 14.8 Å². The van der Waals surface area contributed by atoms with E-state index in [-0.39, 0.29) is 11.7 Å². The quantitative estimate of drug-likeness (QED) is 0.335.